The summed E-state index contributed by atoms with van der Waals surface area (Å²) < 4.78 is 6.54. The number of aryl methyl sites for hydroxylation is 1. The van der Waals surface area contributed by atoms with Crippen molar-refractivity contribution in [2.24, 2.45) is 0 Å². The molecule has 0 aliphatic heterocycles. The van der Waals surface area contributed by atoms with E-state index in [0.29, 0.717) is 16.8 Å². The lowest BCUT2D eigenvalue weighted by Crippen LogP contribution is -2.25. The van der Waals surface area contributed by atoms with Crippen LogP contribution in [0.4, 0.5) is 0 Å². The minimum atomic E-state index is -0.488. The molecule has 0 saturated carbocycles. The molecule has 24 heavy (non-hydrogen) atoms. The third-order valence-corrected chi connectivity index (χ3v) is 3.73. The van der Waals surface area contributed by atoms with Crippen LogP contribution in [0.5, 0.6) is 0 Å². The highest BCUT2D eigenvalue weighted by molar-refractivity contribution is 5.99. The van der Waals surface area contributed by atoms with Crippen LogP contribution in [-0.2, 0) is 6.54 Å². The number of aromatic nitrogens is 4. The molecule has 0 bridgehead atoms. The smallest absolute Gasteiger partial charge is 0.277 e. The summed E-state index contributed by atoms with van der Waals surface area (Å²) in [5.74, 6) is 0.119. The van der Waals surface area contributed by atoms with Crippen molar-refractivity contribution in [2.45, 2.75) is 13.5 Å². The molecule has 0 aliphatic rings. The van der Waals surface area contributed by atoms with E-state index in [0.717, 1.165) is 5.56 Å². The van der Waals surface area contributed by atoms with E-state index in [1.54, 1.807) is 12.1 Å². The van der Waals surface area contributed by atoms with Gasteiger partial charge in [0.2, 0.25) is 0 Å². The zero-order valence-electron chi connectivity index (χ0n) is 12.7. The topological polar surface area (TPSA) is 105 Å². The van der Waals surface area contributed by atoms with Crippen LogP contribution in [0.3, 0.4) is 0 Å². The van der Waals surface area contributed by atoms with E-state index >= 15 is 0 Å². The minimum Gasteiger partial charge on any atom is -0.467 e. The first-order valence-corrected chi connectivity index (χ1v) is 7.32. The molecule has 0 saturated heterocycles. The average molecular weight is 323 g/mol. The number of hydrogen-bond donors (Lipinski definition) is 2. The molecule has 0 atom stereocenters. The van der Waals surface area contributed by atoms with Crippen LogP contribution in [0.2, 0.25) is 0 Å². The van der Waals surface area contributed by atoms with Gasteiger partial charge in [-0.15, -0.1) is 5.10 Å². The van der Waals surface area contributed by atoms with Gasteiger partial charge in [-0.1, -0.05) is 11.3 Å². The van der Waals surface area contributed by atoms with Gasteiger partial charge in [-0.05, 0) is 36.8 Å². The number of nitrogens with one attached hydrogen (secondary N) is 2. The van der Waals surface area contributed by atoms with Gasteiger partial charge in [0.05, 0.1) is 23.8 Å². The molecule has 8 heteroatoms. The lowest BCUT2D eigenvalue weighted by atomic mass is 10.2. The summed E-state index contributed by atoms with van der Waals surface area (Å²) in [4.78, 5) is 27.5. The normalized spacial score (nSPS) is 11.2. The number of carbonyl (C=O) groups excluding carboxylic acids is 1. The van der Waals surface area contributed by atoms with E-state index in [2.05, 4.69) is 20.6 Å². The van der Waals surface area contributed by atoms with Crippen LogP contribution in [0.15, 0.2) is 45.8 Å². The van der Waals surface area contributed by atoms with Gasteiger partial charge in [0.25, 0.3) is 11.5 Å². The van der Waals surface area contributed by atoms with E-state index in [1.165, 1.54) is 10.8 Å². The maximum atomic E-state index is 12.4. The molecule has 4 rings (SSSR count). The Bertz CT molecular complexity index is 1110. The van der Waals surface area contributed by atoms with Crippen LogP contribution >= 0.6 is 0 Å². The Morgan fingerprint density at radius 1 is 1.38 bits per heavy atom. The van der Waals surface area contributed by atoms with Gasteiger partial charge in [0, 0.05) is 0 Å². The van der Waals surface area contributed by atoms with Gasteiger partial charge in [-0.3, -0.25) is 9.59 Å². The third-order valence-electron chi connectivity index (χ3n) is 3.73. The Kier molecular flexibility index (Phi) is 3.16. The lowest BCUT2D eigenvalue weighted by Gasteiger charge is -2.03. The van der Waals surface area contributed by atoms with Gasteiger partial charge < -0.3 is 14.7 Å². The molecule has 1 amide bonds. The van der Waals surface area contributed by atoms with Crippen molar-refractivity contribution in [3.05, 3.63) is 64.0 Å². The standard InChI is InChI=1S/C16H13N5O3/c1-9-4-5-12-11(7-9)18-16(23)14-13(19-20-21(12)14)15(22)17-8-10-3-2-6-24-10/h2-7H,8H2,1H3,(H,17,22)(H,18,23). The second kappa shape index (κ2) is 5.34. The molecule has 0 aliphatic carbocycles. The van der Waals surface area contributed by atoms with Crippen LogP contribution in [0.25, 0.3) is 16.6 Å². The molecular formula is C16H13N5O3. The molecule has 3 aromatic heterocycles. The fourth-order valence-corrected chi connectivity index (χ4v) is 2.59. The number of H-pyrrole nitrogens is 1. The highest BCUT2D eigenvalue weighted by Gasteiger charge is 2.19. The number of aromatic amines is 1. The van der Waals surface area contributed by atoms with Crippen molar-refractivity contribution < 1.29 is 9.21 Å². The van der Waals surface area contributed by atoms with Crippen molar-refractivity contribution in [2.75, 3.05) is 0 Å². The molecule has 1 aromatic carbocycles. The van der Waals surface area contributed by atoms with Crippen LogP contribution in [0.1, 0.15) is 21.8 Å². The predicted octanol–water partition coefficient (Wildman–Crippen LogP) is 1.40. The van der Waals surface area contributed by atoms with E-state index in [9.17, 15) is 9.59 Å². The van der Waals surface area contributed by atoms with Crippen molar-refractivity contribution in [3.8, 4) is 0 Å². The molecular weight excluding hydrogens is 310 g/mol. The molecule has 0 radical (unpaired) electrons. The number of carbonyl (C=O) groups is 1. The van der Waals surface area contributed by atoms with Crippen LogP contribution < -0.4 is 10.9 Å². The quantitative estimate of drug-likeness (QED) is 0.593. The first-order valence-electron chi connectivity index (χ1n) is 7.32. The summed E-state index contributed by atoms with van der Waals surface area (Å²) in [7, 11) is 0. The van der Waals surface area contributed by atoms with Crippen LogP contribution in [-0.4, -0.2) is 25.7 Å². The van der Waals surface area contributed by atoms with E-state index in [1.807, 2.05) is 25.1 Å². The van der Waals surface area contributed by atoms with Crippen molar-refractivity contribution >= 4 is 22.5 Å². The maximum Gasteiger partial charge on any atom is 0.277 e. The Balaban J connectivity index is 1.78. The number of hydrogen-bond acceptors (Lipinski definition) is 5. The molecule has 0 spiro atoms. The van der Waals surface area contributed by atoms with E-state index < -0.39 is 11.5 Å². The molecule has 120 valence electrons. The lowest BCUT2D eigenvalue weighted by molar-refractivity contribution is 0.0944. The minimum absolute atomic E-state index is 0.0229. The van der Waals surface area contributed by atoms with Crippen molar-refractivity contribution in [3.63, 3.8) is 0 Å². The fourth-order valence-electron chi connectivity index (χ4n) is 2.59. The zero-order chi connectivity index (χ0) is 16.7. The van der Waals surface area contributed by atoms with Crippen LogP contribution in [0, 0.1) is 6.92 Å². The van der Waals surface area contributed by atoms with Crippen molar-refractivity contribution in [1.82, 2.24) is 25.1 Å². The Morgan fingerprint density at radius 3 is 3.04 bits per heavy atom. The number of amides is 1. The second-order valence-corrected chi connectivity index (χ2v) is 5.44. The highest BCUT2D eigenvalue weighted by Crippen LogP contribution is 2.14. The summed E-state index contributed by atoms with van der Waals surface area (Å²) >= 11 is 0. The third kappa shape index (κ3) is 2.24. The number of furan rings is 1. The number of nitrogens with zero attached hydrogens (tertiary/aromatic N) is 3. The second-order valence-electron chi connectivity index (χ2n) is 5.44. The average Bonchev–Trinajstić information content (AvgIpc) is 3.22. The molecule has 2 N–H and O–H groups in total. The Hall–Kier alpha value is -3.42. The van der Waals surface area contributed by atoms with Gasteiger partial charge in [-0.2, -0.15) is 0 Å². The molecule has 0 unspecified atom stereocenters. The molecule has 3 heterocycles. The fraction of sp³-hybridized carbons (Fsp3) is 0.125. The van der Waals surface area contributed by atoms with E-state index in [4.69, 9.17) is 4.42 Å². The summed E-state index contributed by atoms with van der Waals surface area (Å²) in [6.07, 6.45) is 1.52. The summed E-state index contributed by atoms with van der Waals surface area (Å²) in [6, 6.07) is 9.04. The Morgan fingerprint density at radius 2 is 2.25 bits per heavy atom. The van der Waals surface area contributed by atoms with Gasteiger partial charge in [0.15, 0.2) is 11.2 Å². The molecule has 8 nitrogen and oxygen atoms in total. The highest BCUT2D eigenvalue weighted by atomic mass is 16.3. The predicted molar refractivity (Wildman–Crippen MR) is 85.7 cm³/mol. The zero-order valence-corrected chi connectivity index (χ0v) is 12.7. The number of benzene rings is 1. The maximum absolute atomic E-state index is 12.4. The largest absolute Gasteiger partial charge is 0.467 e. The van der Waals surface area contributed by atoms with Gasteiger partial charge >= 0.3 is 0 Å². The summed E-state index contributed by atoms with van der Waals surface area (Å²) in [5.41, 5.74) is 2.00. The number of rotatable bonds is 3. The Labute approximate surface area is 135 Å². The summed E-state index contributed by atoms with van der Waals surface area (Å²) in [6.45, 7) is 2.13. The molecule has 4 aromatic rings. The van der Waals surface area contributed by atoms with E-state index in [-0.39, 0.29) is 17.8 Å². The molecule has 0 fully saturated rings. The monoisotopic (exact) mass is 323 g/mol. The SMILES string of the molecule is Cc1ccc2c(c1)[nH]c(=O)c1c(C(=O)NCc3ccco3)nnn12. The van der Waals surface area contributed by atoms with Gasteiger partial charge in [-0.25, -0.2) is 4.52 Å². The first kappa shape index (κ1) is 14.2. The summed E-state index contributed by atoms with van der Waals surface area (Å²) in [5, 5.41) is 10.5. The number of fused-ring (bicyclic) bond motifs is 3. The first-order chi connectivity index (χ1) is 11.6. The van der Waals surface area contributed by atoms with Gasteiger partial charge in [0.1, 0.15) is 5.76 Å². The van der Waals surface area contributed by atoms with Crippen molar-refractivity contribution in [1.29, 1.82) is 0 Å².